The summed E-state index contributed by atoms with van der Waals surface area (Å²) in [5.74, 6) is 1.73. The molecule has 0 fully saturated rings. The van der Waals surface area contributed by atoms with E-state index in [1.165, 1.54) is 22.3 Å². The number of benzene rings is 13. The number of hydrogen-bond donors (Lipinski definition) is 0. The molecule has 6 heteroatoms. The Labute approximate surface area is 611 Å². The van der Waals surface area contributed by atoms with E-state index in [0.717, 1.165) is 138 Å². The zero-order valence-electron chi connectivity index (χ0n) is 61.4. The number of fused-ring (bicyclic) bond motifs is 6. The molecule has 13 aromatic carbocycles. The van der Waals surface area contributed by atoms with E-state index in [0.29, 0.717) is 23.0 Å². The number of hydrogen-bond acceptors (Lipinski definition) is 4. The van der Waals surface area contributed by atoms with E-state index in [4.69, 9.17) is 15.0 Å². The quantitative estimate of drug-likeness (QED) is 0.129. The van der Waals surface area contributed by atoms with Gasteiger partial charge in [0.25, 0.3) is 0 Å². The molecule has 0 amide bonds. The minimum Gasteiger partial charge on any atom is -0.309 e. The fourth-order valence-corrected chi connectivity index (χ4v) is 14.8. The highest BCUT2D eigenvalue weighted by Gasteiger charge is 2.29. The average Bonchev–Trinajstić information content (AvgIpc) is 1.56. The van der Waals surface area contributed by atoms with Crippen LogP contribution in [0.15, 0.2) is 291 Å². The SMILES string of the molecule is CC(C)(C)c1cc(-c2nc(-c3cc(C(C)(C)C)cc(C(C)(C)C)c3)nc(-c3cc(-c4cc(-c5ccc(C#N)cc5)ccc4-n4c5ccc(-c6ccccc6)cc5c5cc(-c6ccccc6)ccc54)ccc3-n3c4ccc(-c5ccccc5)cc4c4cc(-c5ccccc5)ccc43)n2)cc(C(C)(C)C)c1. The first kappa shape index (κ1) is 66.5. The molecule has 506 valence electrons. The predicted octanol–water partition coefficient (Wildman–Crippen LogP) is 26.1. The number of nitriles is 1. The van der Waals surface area contributed by atoms with Crippen molar-refractivity contribution in [2.45, 2.75) is 105 Å². The summed E-state index contributed by atoms with van der Waals surface area (Å²) >= 11 is 0. The van der Waals surface area contributed by atoms with Gasteiger partial charge in [-0.3, -0.25) is 0 Å². The Morgan fingerprint density at radius 2 is 0.510 bits per heavy atom. The van der Waals surface area contributed by atoms with Crippen molar-refractivity contribution in [2.75, 3.05) is 0 Å². The lowest BCUT2D eigenvalue weighted by molar-refractivity contribution is 0.568. The Balaban J connectivity index is 1.04. The predicted molar refractivity (Wildman–Crippen MR) is 437 cm³/mol. The fourth-order valence-electron chi connectivity index (χ4n) is 14.8. The molecule has 16 aromatic rings. The first-order valence-electron chi connectivity index (χ1n) is 36.3. The van der Waals surface area contributed by atoms with Crippen molar-refractivity contribution in [1.29, 1.82) is 5.26 Å². The number of aromatic nitrogens is 5. The summed E-state index contributed by atoms with van der Waals surface area (Å²) in [6.45, 7) is 27.5. The smallest absolute Gasteiger partial charge is 0.166 e. The first-order chi connectivity index (χ1) is 50.0. The molecule has 0 saturated carbocycles. The van der Waals surface area contributed by atoms with E-state index in [9.17, 15) is 5.26 Å². The Hall–Kier alpha value is -12.0. The molecule has 0 unspecified atom stereocenters. The van der Waals surface area contributed by atoms with Gasteiger partial charge in [0, 0.05) is 43.8 Å². The van der Waals surface area contributed by atoms with Crippen molar-refractivity contribution in [2.24, 2.45) is 0 Å². The minimum atomic E-state index is -0.190. The molecule has 3 aromatic heterocycles. The van der Waals surface area contributed by atoms with Crippen LogP contribution < -0.4 is 0 Å². The summed E-state index contributed by atoms with van der Waals surface area (Å²) in [5.41, 5.74) is 26.7. The van der Waals surface area contributed by atoms with Gasteiger partial charge in [0.1, 0.15) is 0 Å². The van der Waals surface area contributed by atoms with Gasteiger partial charge >= 0.3 is 0 Å². The zero-order chi connectivity index (χ0) is 72.0. The molecule has 104 heavy (non-hydrogen) atoms. The highest BCUT2D eigenvalue weighted by Crippen LogP contribution is 2.46. The molecule has 16 rings (SSSR count). The maximum atomic E-state index is 10.1. The first-order valence-corrected chi connectivity index (χ1v) is 36.3. The van der Waals surface area contributed by atoms with Gasteiger partial charge in [0.15, 0.2) is 17.5 Å². The van der Waals surface area contributed by atoms with Gasteiger partial charge in [-0.15, -0.1) is 0 Å². The van der Waals surface area contributed by atoms with Crippen LogP contribution in [0.25, 0.3) is 156 Å². The van der Waals surface area contributed by atoms with E-state index in [1.807, 2.05) is 12.1 Å². The van der Waals surface area contributed by atoms with E-state index in [-0.39, 0.29) is 21.7 Å². The summed E-state index contributed by atoms with van der Waals surface area (Å²) in [4.78, 5) is 17.5. The van der Waals surface area contributed by atoms with Gasteiger partial charge in [0.2, 0.25) is 0 Å². The topological polar surface area (TPSA) is 72.3 Å². The molecule has 0 aliphatic carbocycles. The van der Waals surface area contributed by atoms with Crippen LogP contribution in [0.1, 0.15) is 111 Å². The van der Waals surface area contributed by atoms with Gasteiger partial charge in [-0.05, 0) is 214 Å². The number of nitrogens with zero attached hydrogens (tertiary/aromatic N) is 6. The third-order valence-corrected chi connectivity index (χ3v) is 20.8. The average molecular weight is 1350 g/mol. The summed E-state index contributed by atoms with van der Waals surface area (Å²) in [6.07, 6.45) is 0. The van der Waals surface area contributed by atoms with Crippen LogP contribution in [0.2, 0.25) is 0 Å². The Kier molecular flexibility index (Phi) is 16.5. The summed E-state index contributed by atoms with van der Waals surface area (Å²) < 4.78 is 4.91. The highest BCUT2D eigenvalue weighted by atomic mass is 15.1. The molecule has 3 heterocycles. The van der Waals surface area contributed by atoms with Crippen LogP contribution in [0.4, 0.5) is 0 Å². The monoisotopic (exact) mass is 1340 g/mol. The lowest BCUT2D eigenvalue weighted by Crippen LogP contribution is -2.17. The van der Waals surface area contributed by atoms with Gasteiger partial charge in [-0.2, -0.15) is 5.26 Å². The normalized spacial score (nSPS) is 12.2. The van der Waals surface area contributed by atoms with E-state index >= 15 is 0 Å². The molecule has 6 nitrogen and oxygen atoms in total. The summed E-state index contributed by atoms with van der Waals surface area (Å²) in [6, 6.07) is 109. The molecular formula is C98H84N6. The van der Waals surface area contributed by atoms with Gasteiger partial charge in [-0.25, -0.2) is 15.0 Å². The largest absolute Gasteiger partial charge is 0.309 e. The molecule has 0 atom stereocenters. The van der Waals surface area contributed by atoms with Crippen LogP contribution >= 0.6 is 0 Å². The Morgan fingerprint density at radius 3 is 0.837 bits per heavy atom. The van der Waals surface area contributed by atoms with Crippen LogP contribution in [0, 0.1) is 11.3 Å². The van der Waals surface area contributed by atoms with Crippen molar-refractivity contribution in [3.05, 3.63) is 319 Å². The lowest BCUT2D eigenvalue weighted by atomic mass is 9.79. The molecule has 0 N–H and O–H groups in total. The summed E-state index contributed by atoms with van der Waals surface area (Å²) in [5, 5.41) is 14.6. The fraction of sp³-hybridized carbons (Fsp3) is 0.163. The van der Waals surface area contributed by atoms with Crippen LogP contribution in [0.3, 0.4) is 0 Å². The van der Waals surface area contributed by atoms with Crippen molar-refractivity contribution >= 4 is 43.6 Å². The van der Waals surface area contributed by atoms with Crippen molar-refractivity contribution < 1.29 is 0 Å². The molecule has 0 spiro atoms. The molecule has 0 aliphatic heterocycles. The van der Waals surface area contributed by atoms with Gasteiger partial charge < -0.3 is 9.13 Å². The van der Waals surface area contributed by atoms with Crippen LogP contribution in [0.5, 0.6) is 0 Å². The van der Waals surface area contributed by atoms with E-state index in [1.54, 1.807) is 0 Å². The third kappa shape index (κ3) is 12.6. The molecule has 0 bridgehead atoms. The second-order valence-electron chi connectivity index (χ2n) is 32.1. The molecule has 0 radical (unpaired) electrons. The van der Waals surface area contributed by atoms with Crippen molar-refractivity contribution in [3.63, 3.8) is 0 Å². The maximum absolute atomic E-state index is 10.1. The second-order valence-corrected chi connectivity index (χ2v) is 32.1. The minimum absolute atomic E-state index is 0.190. The maximum Gasteiger partial charge on any atom is 0.166 e. The van der Waals surface area contributed by atoms with Gasteiger partial charge in [-0.1, -0.05) is 265 Å². The molecular weight excluding hydrogens is 1260 g/mol. The van der Waals surface area contributed by atoms with E-state index in [2.05, 4.69) is 377 Å². The standard InChI is InChI=1S/C98H84N6/c1-95(2,3)76-49-74(50-77(59-76)96(4,5)6)92-100-93(75-51-78(97(7,8)9)60-79(52-75)98(10,11)12)102-94(101-92)85-58-73(42-48-91(85)104-89-46-40-71(65-29-21-15-22-30-65)56-83(89)84-57-72(41-47-90(84)104)66-31-23-16-24-32-66)80-53-68(67-35-33-62(61-99)34-36-67)37-43-86(80)103-87-44-38-69(63-25-17-13-18-26-63)54-81(87)82-55-70(39-45-88(82)103)64-27-19-14-20-28-64/h13-60H,1-12H3. The zero-order valence-corrected chi connectivity index (χ0v) is 61.4. The van der Waals surface area contributed by atoms with Crippen molar-refractivity contribution in [3.8, 4) is 118 Å². The Morgan fingerprint density at radius 1 is 0.240 bits per heavy atom. The molecule has 0 saturated heterocycles. The third-order valence-electron chi connectivity index (χ3n) is 20.8. The Bertz CT molecular complexity index is 5690. The summed E-state index contributed by atoms with van der Waals surface area (Å²) in [7, 11) is 0. The van der Waals surface area contributed by atoms with Crippen LogP contribution in [-0.4, -0.2) is 24.1 Å². The molecule has 0 aliphatic rings. The second kappa shape index (κ2) is 25.8. The van der Waals surface area contributed by atoms with Crippen molar-refractivity contribution in [1.82, 2.24) is 24.1 Å². The van der Waals surface area contributed by atoms with E-state index < -0.39 is 0 Å². The lowest BCUT2D eigenvalue weighted by Gasteiger charge is -2.26. The van der Waals surface area contributed by atoms with Crippen LogP contribution in [-0.2, 0) is 21.7 Å². The van der Waals surface area contributed by atoms with Gasteiger partial charge in [0.05, 0.1) is 45.1 Å². The number of rotatable bonds is 11. The highest BCUT2D eigenvalue weighted by molar-refractivity contribution is 6.14.